The molecular weight excluding hydrogens is 462 g/mol. The fourth-order valence-electron chi connectivity index (χ4n) is 4.60. The highest BCUT2D eigenvalue weighted by molar-refractivity contribution is 6.07. The van der Waals surface area contributed by atoms with E-state index in [-0.39, 0.29) is 5.91 Å². The summed E-state index contributed by atoms with van der Waals surface area (Å²) in [7, 11) is 0. The Bertz CT molecular complexity index is 1610. The minimum absolute atomic E-state index is 0.242. The summed E-state index contributed by atoms with van der Waals surface area (Å²) >= 11 is 0. The van der Waals surface area contributed by atoms with Crippen LogP contribution in [0.25, 0.3) is 38.4 Å². The summed E-state index contributed by atoms with van der Waals surface area (Å²) in [5.74, 6) is 1.07. The van der Waals surface area contributed by atoms with Gasteiger partial charge in [0, 0.05) is 28.7 Å². The van der Waals surface area contributed by atoms with Gasteiger partial charge < -0.3 is 19.2 Å². The predicted molar refractivity (Wildman–Crippen MR) is 150 cm³/mol. The van der Waals surface area contributed by atoms with Crippen molar-refractivity contribution in [3.05, 3.63) is 96.8 Å². The van der Waals surface area contributed by atoms with Crippen LogP contribution in [0.5, 0.6) is 11.5 Å². The van der Waals surface area contributed by atoms with Crippen LogP contribution in [0.4, 0.5) is 5.69 Å². The first-order valence-electron chi connectivity index (χ1n) is 12.5. The number of hydrogen-bond acceptors (Lipinski definition) is 4. The molecule has 186 valence electrons. The Labute approximate surface area is 216 Å². The van der Waals surface area contributed by atoms with Gasteiger partial charge in [0.25, 0.3) is 0 Å². The van der Waals surface area contributed by atoms with Crippen LogP contribution in [-0.4, -0.2) is 19.1 Å². The third kappa shape index (κ3) is 4.94. The van der Waals surface area contributed by atoms with Gasteiger partial charge in [-0.1, -0.05) is 54.6 Å². The van der Waals surface area contributed by atoms with Gasteiger partial charge in [0.05, 0.1) is 25.2 Å². The normalized spacial score (nSPS) is 11.6. The lowest BCUT2D eigenvalue weighted by Gasteiger charge is -2.13. The number of anilines is 1. The second-order valence-corrected chi connectivity index (χ2v) is 8.70. The van der Waals surface area contributed by atoms with E-state index in [1.165, 1.54) is 5.39 Å². The summed E-state index contributed by atoms with van der Waals surface area (Å²) in [6.45, 7) is 6.78. The number of carbonyl (C=O) groups is 1. The minimum Gasteiger partial charge on any atom is -0.493 e. The first-order valence-corrected chi connectivity index (χ1v) is 12.5. The Kier molecular flexibility index (Phi) is 6.95. The molecule has 1 N–H and O–H groups in total. The van der Waals surface area contributed by atoms with Crippen molar-refractivity contribution < 1.29 is 18.7 Å². The SMILES string of the molecule is CCOc1ccccc1NC(=O)/C=C(\C)c1cc2c(-c3cccc4ccccc34)coc2cc1OCC. The van der Waals surface area contributed by atoms with E-state index in [4.69, 9.17) is 13.9 Å². The molecule has 0 aliphatic rings. The summed E-state index contributed by atoms with van der Waals surface area (Å²) in [5.41, 5.74) is 5.08. The van der Waals surface area contributed by atoms with E-state index in [1.54, 1.807) is 12.3 Å². The van der Waals surface area contributed by atoms with Gasteiger partial charge in [0.2, 0.25) is 5.91 Å². The lowest BCUT2D eigenvalue weighted by Crippen LogP contribution is -2.10. The summed E-state index contributed by atoms with van der Waals surface area (Å²) in [4.78, 5) is 13.0. The van der Waals surface area contributed by atoms with Crippen molar-refractivity contribution in [3.8, 4) is 22.6 Å². The maximum Gasteiger partial charge on any atom is 0.248 e. The molecule has 0 fully saturated rings. The number of para-hydroxylation sites is 2. The average Bonchev–Trinajstić information content (AvgIpc) is 3.32. The molecule has 0 radical (unpaired) electrons. The molecule has 1 heterocycles. The Morgan fingerprint density at radius 3 is 2.41 bits per heavy atom. The summed E-state index contributed by atoms with van der Waals surface area (Å²) < 4.78 is 17.6. The molecule has 0 aliphatic heterocycles. The molecule has 0 unspecified atom stereocenters. The molecule has 5 rings (SSSR count). The number of allylic oxidation sites excluding steroid dienone is 1. The number of carbonyl (C=O) groups excluding carboxylic acids is 1. The van der Waals surface area contributed by atoms with Crippen molar-refractivity contribution in [3.63, 3.8) is 0 Å². The molecular formula is C32H29NO4. The molecule has 5 nitrogen and oxygen atoms in total. The smallest absolute Gasteiger partial charge is 0.248 e. The van der Waals surface area contributed by atoms with Crippen molar-refractivity contribution >= 4 is 38.9 Å². The molecule has 0 aliphatic carbocycles. The van der Waals surface area contributed by atoms with Crippen molar-refractivity contribution in [1.29, 1.82) is 0 Å². The number of benzene rings is 4. The lowest BCUT2D eigenvalue weighted by molar-refractivity contribution is -0.111. The van der Waals surface area contributed by atoms with Crippen LogP contribution in [0.1, 0.15) is 26.3 Å². The van der Waals surface area contributed by atoms with Crippen LogP contribution in [0, 0.1) is 0 Å². The van der Waals surface area contributed by atoms with Gasteiger partial charge in [-0.15, -0.1) is 0 Å². The topological polar surface area (TPSA) is 60.7 Å². The van der Waals surface area contributed by atoms with E-state index >= 15 is 0 Å². The van der Waals surface area contributed by atoms with Crippen molar-refractivity contribution in [2.45, 2.75) is 20.8 Å². The monoisotopic (exact) mass is 491 g/mol. The Morgan fingerprint density at radius 2 is 1.57 bits per heavy atom. The van der Waals surface area contributed by atoms with Crippen LogP contribution in [0.3, 0.4) is 0 Å². The van der Waals surface area contributed by atoms with Crippen LogP contribution >= 0.6 is 0 Å². The van der Waals surface area contributed by atoms with Gasteiger partial charge in [-0.25, -0.2) is 0 Å². The molecule has 4 aromatic carbocycles. The van der Waals surface area contributed by atoms with Crippen molar-refractivity contribution in [1.82, 2.24) is 0 Å². The number of furan rings is 1. The second-order valence-electron chi connectivity index (χ2n) is 8.70. The van der Waals surface area contributed by atoms with E-state index < -0.39 is 0 Å². The second kappa shape index (κ2) is 10.6. The van der Waals surface area contributed by atoms with E-state index in [0.717, 1.165) is 38.6 Å². The largest absolute Gasteiger partial charge is 0.493 e. The molecule has 1 aromatic heterocycles. The van der Waals surface area contributed by atoms with Crippen LogP contribution in [-0.2, 0) is 4.79 Å². The van der Waals surface area contributed by atoms with E-state index in [0.29, 0.717) is 30.4 Å². The van der Waals surface area contributed by atoms with E-state index in [1.807, 2.05) is 69.3 Å². The first-order chi connectivity index (χ1) is 18.1. The van der Waals surface area contributed by atoms with Crippen molar-refractivity contribution in [2.24, 2.45) is 0 Å². The molecule has 5 aromatic rings. The van der Waals surface area contributed by atoms with E-state index in [9.17, 15) is 4.79 Å². The zero-order valence-corrected chi connectivity index (χ0v) is 21.2. The zero-order chi connectivity index (χ0) is 25.8. The molecule has 0 bridgehead atoms. The van der Waals surface area contributed by atoms with Crippen LogP contribution < -0.4 is 14.8 Å². The number of ether oxygens (including phenoxy) is 2. The highest BCUT2D eigenvalue weighted by atomic mass is 16.5. The number of nitrogens with one attached hydrogen (secondary N) is 1. The van der Waals surface area contributed by atoms with Gasteiger partial charge in [0.1, 0.15) is 17.1 Å². The summed E-state index contributed by atoms with van der Waals surface area (Å²) in [6, 6.07) is 25.9. The number of fused-ring (bicyclic) bond motifs is 2. The lowest BCUT2D eigenvalue weighted by atomic mass is 9.96. The Morgan fingerprint density at radius 1 is 0.838 bits per heavy atom. The fourth-order valence-corrected chi connectivity index (χ4v) is 4.60. The molecule has 0 saturated heterocycles. The van der Waals surface area contributed by atoms with Crippen molar-refractivity contribution in [2.75, 3.05) is 18.5 Å². The molecule has 5 heteroatoms. The number of hydrogen-bond donors (Lipinski definition) is 1. The highest BCUT2D eigenvalue weighted by Crippen LogP contribution is 2.39. The third-order valence-corrected chi connectivity index (χ3v) is 6.27. The van der Waals surface area contributed by atoms with Crippen LogP contribution in [0.2, 0.25) is 0 Å². The number of rotatable bonds is 8. The van der Waals surface area contributed by atoms with E-state index in [2.05, 4.69) is 35.6 Å². The maximum absolute atomic E-state index is 13.0. The molecule has 37 heavy (non-hydrogen) atoms. The highest BCUT2D eigenvalue weighted by Gasteiger charge is 2.17. The van der Waals surface area contributed by atoms with Gasteiger partial charge >= 0.3 is 0 Å². The molecule has 0 atom stereocenters. The minimum atomic E-state index is -0.242. The maximum atomic E-state index is 13.0. The quantitative estimate of drug-likeness (QED) is 0.223. The Balaban J connectivity index is 1.55. The predicted octanol–water partition coefficient (Wildman–Crippen LogP) is 8.09. The van der Waals surface area contributed by atoms with Gasteiger partial charge in [0.15, 0.2) is 0 Å². The van der Waals surface area contributed by atoms with Crippen LogP contribution in [0.15, 0.2) is 95.6 Å². The Hall–Kier alpha value is -4.51. The summed E-state index contributed by atoms with van der Waals surface area (Å²) in [6.07, 6.45) is 3.38. The standard InChI is InChI=1S/C32H29NO4/c1-4-35-29-16-9-8-15-28(29)33-32(34)17-21(3)25-18-26-27(20-37-31(26)19-30(25)36-5-2)24-14-10-12-22-11-6-7-13-23(22)24/h6-20H,4-5H2,1-3H3,(H,33,34)/b21-17+. The molecule has 1 amide bonds. The first kappa shape index (κ1) is 24.2. The summed E-state index contributed by atoms with van der Waals surface area (Å²) in [5, 5.41) is 6.22. The average molecular weight is 492 g/mol. The van der Waals surface area contributed by atoms with Gasteiger partial charge in [-0.3, -0.25) is 4.79 Å². The fraction of sp³-hybridized carbons (Fsp3) is 0.156. The van der Waals surface area contributed by atoms with Gasteiger partial charge in [-0.05, 0) is 60.9 Å². The third-order valence-electron chi connectivity index (χ3n) is 6.27. The number of amides is 1. The molecule has 0 spiro atoms. The molecule has 0 saturated carbocycles. The zero-order valence-electron chi connectivity index (χ0n) is 21.2. The van der Waals surface area contributed by atoms with Gasteiger partial charge in [-0.2, -0.15) is 0 Å².